The number of rotatable bonds is 0. The summed E-state index contributed by atoms with van der Waals surface area (Å²) in [5.74, 6) is 0.890. The van der Waals surface area contributed by atoms with Crippen LogP contribution in [0.3, 0.4) is 0 Å². The molecule has 0 aliphatic carbocycles. The minimum absolute atomic E-state index is 0.398. The predicted octanol–water partition coefficient (Wildman–Crippen LogP) is 3.40. The molecule has 0 aliphatic heterocycles. The van der Waals surface area contributed by atoms with Gasteiger partial charge in [0.15, 0.2) is 0 Å². The highest BCUT2D eigenvalue weighted by Crippen LogP contribution is 2.20. The van der Waals surface area contributed by atoms with E-state index < -0.39 is 0 Å². The molecule has 0 amide bonds. The van der Waals surface area contributed by atoms with E-state index in [0.29, 0.717) is 21.9 Å². The number of aromatic nitrogens is 2. The van der Waals surface area contributed by atoms with Gasteiger partial charge in [0.25, 0.3) is 0 Å². The molecule has 0 aliphatic rings. The molecule has 0 fully saturated rings. The largest absolute Gasteiger partial charge is 0.384 e. The molecule has 0 spiro atoms. The first-order valence-electron chi connectivity index (χ1n) is 4.44. The number of hydrogen-bond acceptors (Lipinski definition) is 4. The van der Waals surface area contributed by atoms with Gasteiger partial charge in [0.1, 0.15) is 21.9 Å². The van der Waals surface area contributed by atoms with Crippen molar-refractivity contribution in [3.05, 3.63) is 45.1 Å². The Morgan fingerprint density at radius 3 is 2.00 bits per heavy atom. The molecule has 0 atom stereocenters. The molecule has 0 saturated heterocycles. The zero-order chi connectivity index (χ0) is 12.8. The summed E-state index contributed by atoms with van der Waals surface area (Å²) in [5.41, 5.74) is 10.6. The number of nitrogens with two attached hydrogens (primary N) is 2. The van der Waals surface area contributed by atoms with E-state index in [9.17, 15) is 0 Å². The van der Waals surface area contributed by atoms with Crippen LogP contribution in [-0.4, -0.2) is 9.97 Å². The minimum atomic E-state index is 0.398. The van der Waals surface area contributed by atoms with Gasteiger partial charge in [-0.25, -0.2) is 9.97 Å². The Morgan fingerprint density at radius 2 is 1.59 bits per heavy atom. The van der Waals surface area contributed by atoms with Crippen LogP contribution in [0.25, 0.3) is 0 Å². The summed E-state index contributed by atoms with van der Waals surface area (Å²) < 4.78 is 0.762. The van der Waals surface area contributed by atoms with Crippen molar-refractivity contribution in [2.75, 3.05) is 11.5 Å². The first-order chi connectivity index (χ1) is 7.99. The van der Waals surface area contributed by atoms with Crippen molar-refractivity contribution in [3.8, 4) is 0 Å². The third-order valence-electron chi connectivity index (χ3n) is 1.56. The molecule has 2 rings (SSSR count). The predicted molar refractivity (Wildman–Crippen MR) is 75.0 cm³/mol. The highest BCUT2D eigenvalue weighted by atomic mass is 79.9. The fraction of sp³-hybridized carbons (Fsp3) is 0. The highest BCUT2D eigenvalue weighted by molar-refractivity contribution is 9.10. The summed E-state index contributed by atoms with van der Waals surface area (Å²) in [6.07, 6.45) is 0. The topological polar surface area (TPSA) is 77.8 Å². The zero-order valence-corrected chi connectivity index (χ0v) is 11.7. The number of pyridine rings is 2. The van der Waals surface area contributed by atoms with Crippen molar-refractivity contribution in [1.82, 2.24) is 9.97 Å². The van der Waals surface area contributed by atoms with Crippen molar-refractivity contribution < 1.29 is 0 Å². The number of hydrogen-bond donors (Lipinski definition) is 2. The smallest absolute Gasteiger partial charge is 0.145 e. The van der Waals surface area contributed by atoms with Gasteiger partial charge < -0.3 is 11.5 Å². The second kappa shape index (κ2) is 6.64. The second-order valence-electron chi connectivity index (χ2n) is 2.89. The van der Waals surface area contributed by atoms with Crippen molar-refractivity contribution >= 4 is 50.8 Å². The Kier molecular flexibility index (Phi) is 5.47. The van der Waals surface area contributed by atoms with Gasteiger partial charge in [0.05, 0.1) is 4.47 Å². The van der Waals surface area contributed by atoms with Gasteiger partial charge >= 0.3 is 0 Å². The van der Waals surface area contributed by atoms with Crippen molar-refractivity contribution in [2.24, 2.45) is 0 Å². The Labute approximate surface area is 117 Å². The lowest BCUT2D eigenvalue weighted by Gasteiger charge is -1.93. The third-order valence-corrected chi connectivity index (χ3v) is 2.93. The lowest BCUT2D eigenvalue weighted by atomic mass is 10.5. The van der Waals surface area contributed by atoms with E-state index in [1.165, 1.54) is 0 Å². The molecule has 2 aromatic heterocycles. The van der Waals surface area contributed by atoms with Gasteiger partial charge in [0.2, 0.25) is 0 Å². The standard InChI is InChI=1S/C5H4BrClN2.C5H5ClN2/c6-3-1-2-4(8)9-5(3)7;6-4-2-1-3-5(7)8-4/h1-2H,(H2,8,9);1-3H,(H2,7,8). The van der Waals surface area contributed by atoms with E-state index in [4.69, 9.17) is 34.7 Å². The maximum absolute atomic E-state index is 5.58. The molecule has 17 heavy (non-hydrogen) atoms. The molecular weight excluding hydrogens is 327 g/mol. The van der Waals surface area contributed by atoms with Crippen LogP contribution in [0.2, 0.25) is 10.3 Å². The maximum Gasteiger partial charge on any atom is 0.145 e. The van der Waals surface area contributed by atoms with Crippen LogP contribution < -0.4 is 11.5 Å². The molecule has 7 heteroatoms. The molecule has 0 aromatic carbocycles. The van der Waals surface area contributed by atoms with E-state index in [1.54, 1.807) is 30.3 Å². The summed E-state index contributed by atoms with van der Waals surface area (Å²) in [6.45, 7) is 0. The molecular formula is C10H9BrCl2N4. The quantitative estimate of drug-likeness (QED) is 0.723. The zero-order valence-electron chi connectivity index (χ0n) is 8.57. The average molecular weight is 336 g/mol. The normalized spacial score (nSPS) is 9.35. The van der Waals surface area contributed by atoms with Gasteiger partial charge in [-0.3, -0.25) is 0 Å². The number of nitrogens with zero attached hydrogens (tertiary/aromatic N) is 2. The van der Waals surface area contributed by atoms with Gasteiger partial charge in [0, 0.05) is 0 Å². The summed E-state index contributed by atoms with van der Waals surface area (Å²) in [4.78, 5) is 7.49. The molecule has 4 N–H and O–H groups in total. The first-order valence-corrected chi connectivity index (χ1v) is 5.99. The Balaban J connectivity index is 0.000000171. The van der Waals surface area contributed by atoms with Crippen LogP contribution in [-0.2, 0) is 0 Å². The Hall–Kier alpha value is -1.04. The SMILES string of the molecule is Nc1ccc(Br)c(Cl)n1.Nc1cccc(Cl)n1. The van der Waals surface area contributed by atoms with Crippen LogP contribution in [0.1, 0.15) is 0 Å². The average Bonchev–Trinajstić information content (AvgIpc) is 2.24. The lowest BCUT2D eigenvalue weighted by molar-refractivity contribution is 1.32. The van der Waals surface area contributed by atoms with Crippen molar-refractivity contribution in [2.45, 2.75) is 0 Å². The number of nitrogen functional groups attached to an aromatic ring is 2. The van der Waals surface area contributed by atoms with E-state index in [2.05, 4.69) is 25.9 Å². The number of anilines is 2. The summed E-state index contributed by atoms with van der Waals surface area (Å²) in [6, 6.07) is 8.55. The Morgan fingerprint density at radius 1 is 0.941 bits per heavy atom. The summed E-state index contributed by atoms with van der Waals surface area (Å²) in [5, 5.41) is 0.833. The molecule has 0 radical (unpaired) electrons. The first kappa shape index (κ1) is 14.0. The van der Waals surface area contributed by atoms with Crippen LogP contribution in [0, 0.1) is 0 Å². The molecule has 0 saturated carbocycles. The molecule has 0 bridgehead atoms. The maximum atomic E-state index is 5.58. The lowest BCUT2D eigenvalue weighted by Crippen LogP contribution is -1.88. The van der Waals surface area contributed by atoms with Gasteiger partial charge in [-0.2, -0.15) is 0 Å². The van der Waals surface area contributed by atoms with Gasteiger partial charge in [-0.05, 0) is 40.2 Å². The van der Waals surface area contributed by atoms with Gasteiger partial charge in [-0.15, -0.1) is 0 Å². The van der Waals surface area contributed by atoms with E-state index in [0.717, 1.165) is 4.47 Å². The summed E-state index contributed by atoms with van der Waals surface area (Å²) >= 11 is 14.2. The summed E-state index contributed by atoms with van der Waals surface area (Å²) in [7, 11) is 0. The van der Waals surface area contributed by atoms with E-state index >= 15 is 0 Å². The number of halogens is 3. The van der Waals surface area contributed by atoms with E-state index in [1.807, 2.05) is 0 Å². The fourth-order valence-corrected chi connectivity index (χ4v) is 1.41. The molecule has 0 unspecified atom stereocenters. The molecule has 2 aromatic rings. The minimum Gasteiger partial charge on any atom is -0.384 e. The molecule has 2 heterocycles. The molecule has 90 valence electrons. The van der Waals surface area contributed by atoms with Crippen molar-refractivity contribution in [1.29, 1.82) is 0 Å². The molecule has 4 nitrogen and oxygen atoms in total. The fourth-order valence-electron chi connectivity index (χ4n) is 0.855. The third kappa shape index (κ3) is 5.21. The Bertz CT molecular complexity index is 490. The van der Waals surface area contributed by atoms with Crippen LogP contribution in [0.5, 0.6) is 0 Å². The van der Waals surface area contributed by atoms with Crippen LogP contribution in [0.4, 0.5) is 11.6 Å². The highest BCUT2D eigenvalue weighted by Gasteiger charge is 1.95. The second-order valence-corrected chi connectivity index (χ2v) is 4.49. The van der Waals surface area contributed by atoms with Crippen LogP contribution >= 0.6 is 39.1 Å². The van der Waals surface area contributed by atoms with Gasteiger partial charge in [-0.1, -0.05) is 29.3 Å². The van der Waals surface area contributed by atoms with E-state index in [-0.39, 0.29) is 0 Å². The van der Waals surface area contributed by atoms with Crippen LogP contribution in [0.15, 0.2) is 34.8 Å². The van der Waals surface area contributed by atoms with Crippen molar-refractivity contribution in [3.63, 3.8) is 0 Å². The monoisotopic (exact) mass is 334 g/mol.